The first-order valence-electron chi connectivity index (χ1n) is 7.13. The van der Waals surface area contributed by atoms with Crippen molar-refractivity contribution in [2.45, 2.75) is 26.2 Å². The molecule has 1 amide bonds. The number of carbonyl (C=O) groups is 1. The number of amides is 1. The number of fused-ring (bicyclic) bond motifs is 1. The molecule has 0 unspecified atom stereocenters. The van der Waals surface area contributed by atoms with Crippen molar-refractivity contribution in [1.82, 2.24) is 0 Å². The lowest BCUT2D eigenvalue weighted by Gasteiger charge is -2.17. The first kappa shape index (κ1) is 15.4. The van der Waals surface area contributed by atoms with Crippen LogP contribution in [0.1, 0.15) is 42.3 Å². The number of anilines is 1. The molecular weight excluding hydrogens is 312 g/mol. The van der Waals surface area contributed by atoms with E-state index in [0.717, 1.165) is 5.56 Å². The number of rotatable bonds is 2. The van der Waals surface area contributed by atoms with Crippen LogP contribution in [0.15, 0.2) is 23.6 Å². The topological polar surface area (TPSA) is 71.3 Å². The first-order valence-corrected chi connectivity index (χ1v) is 8.01. The summed E-state index contributed by atoms with van der Waals surface area (Å²) in [6, 6.07) is 7.22. The van der Waals surface area contributed by atoms with Crippen LogP contribution in [0, 0.1) is 11.3 Å². The lowest BCUT2D eigenvalue weighted by atomic mass is 9.86. The summed E-state index contributed by atoms with van der Waals surface area (Å²) in [5, 5.41) is 14.7. The van der Waals surface area contributed by atoms with Crippen LogP contribution in [0.4, 0.5) is 5.00 Å². The van der Waals surface area contributed by atoms with Crippen molar-refractivity contribution in [3.05, 3.63) is 40.3 Å². The molecule has 0 aliphatic carbocycles. The summed E-state index contributed by atoms with van der Waals surface area (Å²) in [5.41, 5.74) is 1.77. The molecule has 1 aromatic heterocycles. The predicted molar refractivity (Wildman–Crippen MR) is 88.3 cm³/mol. The SMILES string of the molecule is CC(C)(C)c1csc(NC(=O)c2ccc3c(c2)OCO3)c1C#N. The average molecular weight is 328 g/mol. The number of ether oxygens (including phenoxy) is 2. The molecule has 1 N–H and O–H groups in total. The zero-order valence-electron chi connectivity index (χ0n) is 13.1. The lowest BCUT2D eigenvalue weighted by molar-refractivity contribution is 0.102. The maximum atomic E-state index is 12.4. The summed E-state index contributed by atoms with van der Waals surface area (Å²) in [6.45, 7) is 6.29. The van der Waals surface area contributed by atoms with Gasteiger partial charge in [-0.25, -0.2) is 0 Å². The molecule has 2 aromatic rings. The molecule has 0 saturated carbocycles. The maximum Gasteiger partial charge on any atom is 0.256 e. The molecule has 0 saturated heterocycles. The number of carbonyl (C=O) groups excluding carboxylic acids is 1. The van der Waals surface area contributed by atoms with Gasteiger partial charge in [-0.05, 0) is 34.6 Å². The minimum absolute atomic E-state index is 0.150. The number of nitriles is 1. The van der Waals surface area contributed by atoms with Crippen molar-refractivity contribution in [3.63, 3.8) is 0 Å². The summed E-state index contributed by atoms with van der Waals surface area (Å²) in [5.74, 6) is 0.909. The van der Waals surface area contributed by atoms with E-state index in [4.69, 9.17) is 9.47 Å². The van der Waals surface area contributed by atoms with E-state index in [-0.39, 0.29) is 18.1 Å². The Bertz CT molecular complexity index is 812. The maximum absolute atomic E-state index is 12.4. The summed E-state index contributed by atoms with van der Waals surface area (Å²) in [6.07, 6.45) is 0. The highest BCUT2D eigenvalue weighted by Gasteiger charge is 2.24. The van der Waals surface area contributed by atoms with Gasteiger partial charge in [-0.15, -0.1) is 11.3 Å². The fraction of sp³-hybridized carbons (Fsp3) is 0.294. The highest BCUT2D eigenvalue weighted by atomic mass is 32.1. The molecular formula is C17H16N2O3S. The highest BCUT2D eigenvalue weighted by Crippen LogP contribution is 2.36. The zero-order valence-corrected chi connectivity index (χ0v) is 13.9. The van der Waals surface area contributed by atoms with Crippen LogP contribution in [0.2, 0.25) is 0 Å². The third-order valence-electron chi connectivity index (χ3n) is 3.57. The van der Waals surface area contributed by atoms with Crippen molar-refractivity contribution in [1.29, 1.82) is 5.26 Å². The molecule has 1 aliphatic heterocycles. The number of hydrogen-bond acceptors (Lipinski definition) is 5. The summed E-state index contributed by atoms with van der Waals surface area (Å²) in [7, 11) is 0. The highest BCUT2D eigenvalue weighted by molar-refractivity contribution is 7.14. The molecule has 1 aliphatic rings. The van der Waals surface area contributed by atoms with E-state index in [0.29, 0.717) is 27.6 Å². The normalized spacial score (nSPS) is 12.8. The molecule has 2 heterocycles. The largest absolute Gasteiger partial charge is 0.454 e. The van der Waals surface area contributed by atoms with E-state index in [1.807, 2.05) is 26.2 Å². The average Bonchev–Trinajstić information content (AvgIpc) is 3.11. The standard InChI is InChI=1S/C17H16N2O3S/c1-17(2,3)12-8-23-16(11(12)7-18)19-15(20)10-4-5-13-14(6-10)22-9-21-13/h4-6,8H,9H2,1-3H3,(H,19,20). The quantitative estimate of drug-likeness (QED) is 0.907. The van der Waals surface area contributed by atoms with Gasteiger partial charge in [0.2, 0.25) is 6.79 Å². The van der Waals surface area contributed by atoms with Gasteiger partial charge in [-0.3, -0.25) is 4.79 Å². The smallest absolute Gasteiger partial charge is 0.256 e. The van der Waals surface area contributed by atoms with E-state index in [1.54, 1.807) is 18.2 Å². The summed E-state index contributed by atoms with van der Waals surface area (Å²) >= 11 is 1.37. The van der Waals surface area contributed by atoms with Crippen LogP contribution in [0.5, 0.6) is 11.5 Å². The van der Waals surface area contributed by atoms with Crippen molar-refractivity contribution < 1.29 is 14.3 Å². The molecule has 0 fully saturated rings. The number of nitrogens with one attached hydrogen (secondary N) is 1. The van der Waals surface area contributed by atoms with Crippen LogP contribution in [-0.4, -0.2) is 12.7 Å². The Labute approximate surface area is 138 Å². The van der Waals surface area contributed by atoms with E-state index in [2.05, 4.69) is 11.4 Å². The van der Waals surface area contributed by atoms with E-state index in [1.165, 1.54) is 11.3 Å². The Balaban J connectivity index is 1.87. The molecule has 0 radical (unpaired) electrons. The lowest BCUT2D eigenvalue weighted by Crippen LogP contribution is -2.14. The Hall–Kier alpha value is -2.52. The Morgan fingerprint density at radius 3 is 2.74 bits per heavy atom. The molecule has 118 valence electrons. The Kier molecular flexibility index (Phi) is 3.74. The molecule has 1 aromatic carbocycles. The summed E-state index contributed by atoms with van der Waals surface area (Å²) in [4.78, 5) is 12.4. The number of benzene rings is 1. The van der Waals surface area contributed by atoms with Crippen LogP contribution in [-0.2, 0) is 5.41 Å². The van der Waals surface area contributed by atoms with E-state index >= 15 is 0 Å². The van der Waals surface area contributed by atoms with Crippen molar-refractivity contribution in [2.75, 3.05) is 12.1 Å². The molecule has 0 atom stereocenters. The van der Waals surface area contributed by atoms with Crippen LogP contribution < -0.4 is 14.8 Å². The van der Waals surface area contributed by atoms with Crippen molar-refractivity contribution >= 4 is 22.2 Å². The molecule has 23 heavy (non-hydrogen) atoms. The van der Waals surface area contributed by atoms with Gasteiger partial charge in [0.05, 0.1) is 5.56 Å². The van der Waals surface area contributed by atoms with Gasteiger partial charge in [0, 0.05) is 5.56 Å². The molecule has 0 bridgehead atoms. The van der Waals surface area contributed by atoms with Crippen molar-refractivity contribution in [2.24, 2.45) is 0 Å². The molecule has 3 rings (SSSR count). The van der Waals surface area contributed by atoms with Gasteiger partial charge in [0.15, 0.2) is 11.5 Å². The predicted octanol–water partition coefficient (Wildman–Crippen LogP) is 3.90. The monoisotopic (exact) mass is 328 g/mol. The van der Waals surface area contributed by atoms with Gasteiger partial charge < -0.3 is 14.8 Å². The first-order chi connectivity index (χ1) is 10.9. The van der Waals surface area contributed by atoms with E-state index in [9.17, 15) is 10.1 Å². The van der Waals surface area contributed by atoms with Crippen LogP contribution >= 0.6 is 11.3 Å². The van der Waals surface area contributed by atoms with Gasteiger partial charge >= 0.3 is 0 Å². The Morgan fingerprint density at radius 2 is 2.04 bits per heavy atom. The van der Waals surface area contributed by atoms with Gasteiger partial charge in [0.1, 0.15) is 11.1 Å². The molecule has 5 nitrogen and oxygen atoms in total. The molecule has 0 spiro atoms. The number of hydrogen-bond donors (Lipinski definition) is 1. The third-order valence-corrected chi connectivity index (χ3v) is 4.47. The Morgan fingerprint density at radius 1 is 1.30 bits per heavy atom. The zero-order chi connectivity index (χ0) is 16.6. The fourth-order valence-corrected chi connectivity index (χ4v) is 3.46. The third kappa shape index (κ3) is 2.88. The number of thiophene rings is 1. The van der Waals surface area contributed by atoms with Crippen molar-refractivity contribution in [3.8, 4) is 17.6 Å². The summed E-state index contributed by atoms with van der Waals surface area (Å²) < 4.78 is 10.5. The second-order valence-electron chi connectivity index (χ2n) is 6.24. The minimum atomic E-state index is -0.276. The van der Waals surface area contributed by atoms with E-state index < -0.39 is 0 Å². The minimum Gasteiger partial charge on any atom is -0.454 e. The fourth-order valence-electron chi connectivity index (χ4n) is 2.33. The second kappa shape index (κ2) is 5.60. The number of nitrogens with zero attached hydrogens (tertiary/aromatic N) is 1. The van der Waals surface area contributed by atoms with Gasteiger partial charge in [0.25, 0.3) is 5.91 Å². The van der Waals surface area contributed by atoms with Crippen LogP contribution in [0.25, 0.3) is 0 Å². The second-order valence-corrected chi connectivity index (χ2v) is 7.12. The van der Waals surface area contributed by atoms with Gasteiger partial charge in [-0.2, -0.15) is 5.26 Å². The molecule has 6 heteroatoms. The van der Waals surface area contributed by atoms with Gasteiger partial charge in [-0.1, -0.05) is 20.8 Å². The van der Waals surface area contributed by atoms with Crippen LogP contribution in [0.3, 0.4) is 0 Å².